The normalized spacial score (nSPS) is 11.8. The van der Waals surface area contributed by atoms with Crippen molar-refractivity contribution in [2.45, 2.75) is 13.0 Å². The molecular weight excluding hydrogens is 375 g/mol. The maximum atomic E-state index is 12.3. The number of nitrogens with one attached hydrogen (secondary N) is 1. The van der Waals surface area contributed by atoms with Gasteiger partial charge in [0, 0.05) is 6.20 Å². The first-order chi connectivity index (χ1) is 12.4. The van der Waals surface area contributed by atoms with Gasteiger partial charge in [0.05, 0.1) is 15.6 Å². The molecule has 0 unspecified atom stereocenters. The van der Waals surface area contributed by atoms with Crippen LogP contribution in [0.25, 0.3) is 10.8 Å². The van der Waals surface area contributed by atoms with E-state index in [1.54, 1.807) is 12.1 Å². The van der Waals surface area contributed by atoms with E-state index in [1.165, 1.54) is 19.2 Å². The molecule has 7 heteroatoms. The Balaban J connectivity index is 1.68. The summed E-state index contributed by atoms with van der Waals surface area (Å²) in [6.07, 6.45) is 0.331. The summed E-state index contributed by atoms with van der Waals surface area (Å²) in [7, 11) is 0. The number of hydrogen-bond donors (Lipinski definition) is 1. The van der Waals surface area contributed by atoms with Crippen LogP contribution in [0, 0.1) is 0 Å². The summed E-state index contributed by atoms with van der Waals surface area (Å²) in [6, 6.07) is 14.3. The van der Waals surface area contributed by atoms with Gasteiger partial charge in [0.25, 0.3) is 5.91 Å². The molecule has 0 bridgehead atoms. The second-order valence-electron chi connectivity index (χ2n) is 5.58. The van der Waals surface area contributed by atoms with Crippen LogP contribution in [0.15, 0.2) is 54.7 Å². The van der Waals surface area contributed by atoms with E-state index in [-0.39, 0.29) is 10.8 Å². The lowest BCUT2D eigenvalue weighted by Gasteiger charge is -2.14. The van der Waals surface area contributed by atoms with Crippen LogP contribution in [-0.2, 0) is 9.53 Å². The Morgan fingerprint density at radius 1 is 1.08 bits per heavy atom. The molecule has 0 aliphatic rings. The number of fused-ring (bicyclic) bond motifs is 1. The van der Waals surface area contributed by atoms with Gasteiger partial charge in [-0.05, 0) is 35.9 Å². The molecule has 1 N–H and O–H groups in total. The third-order valence-electron chi connectivity index (χ3n) is 3.69. The molecule has 0 fully saturated rings. The fourth-order valence-corrected chi connectivity index (χ4v) is 2.75. The third-order valence-corrected chi connectivity index (χ3v) is 4.18. The second-order valence-corrected chi connectivity index (χ2v) is 6.43. The van der Waals surface area contributed by atoms with E-state index < -0.39 is 18.0 Å². The van der Waals surface area contributed by atoms with Crippen molar-refractivity contribution in [1.29, 1.82) is 0 Å². The van der Waals surface area contributed by atoms with Crippen molar-refractivity contribution in [2.24, 2.45) is 0 Å². The third kappa shape index (κ3) is 4.12. The Labute approximate surface area is 159 Å². The van der Waals surface area contributed by atoms with Gasteiger partial charge < -0.3 is 10.1 Å². The predicted octanol–water partition coefficient (Wildman–Crippen LogP) is 4.73. The van der Waals surface area contributed by atoms with Crippen LogP contribution in [0.4, 0.5) is 5.82 Å². The average Bonchev–Trinajstić information content (AvgIpc) is 2.63. The first-order valence-electron chi connectivity index (χ1n) is 7.76. The number of ether oxygens (including phenoxy) is 1. The standard InChI is InChI=1S/C19H14Cl2N2O3/c1-11(18(24)23-17-16(21)9-15(20)10-22-17)26-19(25)14-7-6-12-4-2-3-5-13(12)8-14/h2-11H,1H3,(H,22,23,24)/t11-/m0/s1. The predicted molar refractivity (Wildman–Crippen MR) is 102 cm³/mol. The molecule has 2 aromatic carbocycles. The Morgan fingerprint density at radius 2 is 1.81 bits per heavy atom. The van der Waals surface area contributed by atoms with Gasteiger partial charge in [0.1, 0.15) is 0 Å². The van der Waals surface area contributed by atoms with Gasteiger partial charge in [0.15, 0.2) is 11.9 Å². The van der Waals surface area contributed by atoms with Gasteiger partial charge in [-0.15, -0.1) is 0 Å². The lowest BCUT2D eigenvalue weighted by Crippen LogP contribution is -2.30. The fourth-order valence-electron chi connectivity index (χ4n) is 2.32. The van der Waals surface area contributed by atoms with Gasteiger partial charge in [-0.25, -0.2) is 9.78 Å². The Bertz CT molecular complexity index is 991. The maximum Gasteiger partial charge on any atom is 0.338 e. The highest BCUT2D eigenvalue weighted by molar-refractivity contribution is 6.36. The number of carbonyl (C=O) groups excluding carboxylic acids is 2. The average molecular weight is 389 g/mol. The molecule has 0 aliphatic carbocycles. The molecule has 0 aliphatic heterocycles. The summed E-state index contributed by atoms with van der Waals surface area (Å²) < 4.78 is 5.24. The molecule has 1 amide bonds. The van der Waals surface area contributed by atoms with Gasteiger partial charge in [0.2, 0.25) is 0 Å². The molecule has 0 saturated heterocycles. The van der Waals surface area contributed by atoms with E-state index in [1.807, 2.05) is 30.3 Å². The van der Waals surface area contributed by atoms with Gasteiger partial charge in [-0.1, -0.05) is 53.5 Å². The van der Waals surface area contributed by atoms with Crippen molar-refractivity contribution >= 4 is 51.7 Å². The topological polar surface area (TPSA) is 68.3 Å². The number of rotatable bonds is 4. The fraction of sp³-hybridized carbons (Fsp3) is 0.105. The minimum Gasteiger partial charge on any atom is -0.449 e. The largest absolute Gasteiger partial charge is 0.449 e. The van der Waals surface area contributed by atoms with Crippen molar-refractivity contribution in [3.8, 4) is 0 Å². The van der Waals surface area contributed by atoms with E-state index >= 15 is 0 Å². The zero-order valence-electron chi connectivity index (χ0n) is 13.7. The van der Waals surface area contributed by atoms with Gasteiger partial charge in [-0.3, -0.25) is 4.79 Å². The van der Waals surface area contributed by atoms with Crippen molar-refractivity contribution < 1.29 is 14.3 Å². The summed E-state index contributed by atoms with van der Waals surface area (Å²) in [4.78, 5) is 28.5. The van der Waals surface area contributed by atoms with E-state index in [4.69, 9.17) is 27.9 Å². The molecule has 0 spiro atoms. The highest BCUT2D eigenvalue weighted by atomic mass is 35.5. The van der Waals surface area contributed by atoms with Crippen LogP contribution in [-0.4, -0.2) is 23.0 Å². The molecule has 3 rings (SSSR count). The first kappa shape index (κ1) is 18.2. The number of anilines is 1. The molecule has 1 aromatic heterocycles. The highest BCUT2D eigenvalue weighted by Gasteiger charge is 2.20. The molecule has 0 radical (unpaired) electrons. The second kappa shape index (κ2) is 7.72. The lowest BCUT2D eigenvalue weighted by atomic mass is 10.1. The first-order valence-corrected chi connectivity index (χ1v) is 8.51. The number of aromatic nitrogens is 1. The number of pyridine rings is 1. The van der Waals surface area contributed by atoms with Crippen LogP contribution < -0.4 is 5.32 Å². The number of amides is 1. The van der Waals surface area contributed by atoms with Crippen molar-refractivity contribution in [3.63, 3.8) is 0 Å². The Kier molecular flexibility index (Phi) is 5.40. The molecule has 1 heterocycles. The zero-order valence-corrected chi connectivity index (χ0v) is 15.2. The van der Waals surface area contributed by atoms with E-state index in [0.717, 1.165) is 10.8 Å². The van der Waals surface area contributed by atoms with E-state index in [2.05, 4.69) is 10.3 Å². The Hall–Kier alpha value is -2.63. The summed E-state index contributed by atoms with van der Waals surface area (Å²) in [6.45, 7) is 1.47. The summed E-state index contributed by atoms with van der Waals surface area (Å²) >= 11 is 11.7. The number of benzene rings is 2. The van der Waals surface area contributed by atoms with Crippen LogP contribution in [0.3, 0.4) is 0 Å². The lowest BCUT2D eigenvalue weighted by molar-refractivity contribution is -0.123. The minimum atomic E-state index is -1.03. The maximum absolute atomic E-state index is 12.3. The molecular formula is C19H14Cl2N2O3. The number of nitrogens with zero attached hydrogens (tertiary/aromatic N) is 1. The van der Waals surface area contributed by atoms with Crippen molar-refractivity contribution in [3.05, 3.63) is 70.3 Å². The van der Waals surface area contributed by atoms with Crippen molar-refractivity contribution in [2.75, 3.05) is 5.32 Å². The van der Waals surface area contributed by atoms with Crippen LogP contribution in [0.5, 0.6) is 0 Å². The SMILES string of the molecule is C[C@H](OC(=O)c1ccc2ccccc2c1)C(=O)Nc1ncc(Cl)cc1Cl. The zero-order chi connectivity index (χ0) is 18.7. The molecule has 5 nitrogen and oxygen atoms in total. The molecule has 26 heavy (non-hydrogen) atoms. The number of halogens is 2. The monoisotopic (exact) mass is 388 g/mol. The molecule has 0 saturated carbocycles. The van der Waals surface area contributed by atoms with Crippen molar-refractivity contribution in [1.82, 2.24) is 4.98 Å². The van der Waals surface area contributed by atoms with E-state index in [9.17, 15) is 9.59 Å². The van der Waals surface area contributed by atoms with Crippen LogP contribution in [0.1, 0.15) is 17.3 Å². The number of esters is 1. The smallest absolute Gasteiger partial charge is 0.338 e. The minimum absolute atomic E-state index is 0.148. The summed E-state index contributed by atoms with van der Waals surface area (Å²) in [5, 5.41) is 4.98. The molecule has 1 atom stereocenters. The Morgan fingerprint density at radius 3 is 2.54 bits per heavy atom. The highest BCUT2D eigenvalue weighted by Crippen LogP contribution is 2.23. The van der Waals surface area contributed by atoms with Crippen LogP contribution >= 0.6 is 23.2 Å². The van der Waals surface area contributed by atoms with Gasteiger partial charge in [-0.2, -0.15) is 0 Å². The number of hydrogen-bond acceptors (Lipinski definition) is 4. The van der Waals surface area contributed by atoms with Crippen LogP contribution in [0.2, 0.25) is 10.0 Å². The number of carbonyl (C=O) groups is 2. The quantitative estimate of drug-likeness (QED) is 0.656. The van der Waals surface area contributed by atoms with Gasteiger partial charge >= 0.3 is 5.97 Å². The molecule has 132 valence electrons. The summed E-state index contributed by atoms with van der Waals surface area (Å²) in [5.74, 6) is -0.987. The molecule has 3 aromatic rings. The summed E-state index contributed by atoms with van der Waals surface area (Å²) in [5.41, 5.74) is 0.367. The van der Waals surface area contributed by atoms with E-state index in [0.29, 0.717) is 10.6 Å².